The van der Waals surface area contributed by atoms with Gasteiger partial charge in [-0.05, 0) is 38.8 Å². The van der Waals surface area contributed by atoms with Gasteiger partial charge in [0.1, 0.15) is 12.4 Å². The number of benzene rings is 1. The molecular weight excluding hydrogens is 402 g/mol. The lowest BCUT2D eigenvalue weighted by atomic mass is 9.92. The van der Waals surface area contributed by atoms with E-state index in [1.807, 2.05) is 32.0 Å². The van der Waals surface area contributed by atoms with E-state index >= 15 is 0 Å². The number of carbonyl (C=O) groups excluding carboxylic acids is 2. The molecule has 7 nitrogen and oxygen atoms in total. The van der Waals surface area contributed by atoms with Crippen LogP contribution in [0.5, 0.6) is 0 Å². The Morgan fingerprint density at radius 3 is 2.41 bits per heavy atom. The number of aryl methyl sites for hydroxylation is 2. The molecule has 2 rings (SSSR count). The molecule has 0 atom stereocenters. The summed E-state index contributed by atoms with van der Waals surface area (Å²) in [4.78, 5) is 27.0. The first-order chi connectivity index (χ1) is 15.1. The lowest BCUT2D eigenvalue weighted by Crippen LogP contribution is -2.44. The summed E-state index contributed by atoms with van der Waals surface area (Å²) < 4.78 is 1.79. The Kier molecular flexibility index (Phi) is 8.87. The van der Waals surface area contributed by atoms with E-state index < -0.39 is 0 Å². The first-order valence-corrected chi connectivity index (χ1v) is 11.6. The maximum absolute atomic E-state index is 13.0. The van der Waals surface area contributed by atoms with E-state index in [9.17, 15) is 9.59 Å². The molecule has 1 heterocycles. The third kappa shape index (κ3) is 6.84. The second-order valence-electron chi connectivity index (χ2n) is 9.38. The molecule has 0 saturated carbocycles. The third-order valence-electron chi connectivity index (χ3n) is 5.31. The van der Waals surface area contributed by atoms with Crippen LogP contribution < -0.4 is 10.6 Å². The monoisotopic (exact) mass is 441 g/mol. The van der Waals surface area contributed by atoms with Gasteiger partial charge < -0.3 is 15.5 Å². The standard InChI is InChI=1S/C25H39N5O2/c1-8-10-11-14-29(24(32)26-9-2)17-23(31)27-22-16-21(25(5,6)7)28-30(22)20-13-12-18(3)15-19(20)4/h12-13,15-16H,8-11,14,17H2,1-7H3,(H,26,32)(H,27,31). The summed E-state index contributed by atoms with van der Waals surface area (Å²) in [7, 11) is 0. The smallest absolute Gasteiger partial charge is 0.317 e. The topological polar surface area (TPSA) is 79.3 Å². The maximum Gasteiger partial charge on any atom is 0.317 e. The molecule has 0 fully saturated rings. The summed E-state index contributed by atoms with van der Waals surface area (Å²) in [5, 5.41) is 10.6. The Hall–Kier alpha value is -2.83. The van der Waals surface area contributed by atoms with Crippen LogP contribution in [-0.2, 0) is 10.2 Å². The van der Waals surface area contributed by atoms with Crippen LogP contribution in [0.2, 0.25) is 0 Å². The molecule has 2 aromatic rings. The number of hydrogen-bond donors (Lipinski definition) is 2. The van der Waals surface area contributed by atoms with E-state index in [2.05, 4.69) is 51.3 Å². The zero-order chi connectivity index (χ0) is 23.9. The predicted octanol–water partition coefficient (Wildman–Crippen LogP) is 4.95. The second-order valence-corrected chi connectivity index (χ2v) is 9.38. The van der Waals surface area contributed by atoms with Gasteiger partial charge in [0.25, 0.3) is 0 Å². The summed E-state index contributed by atoms with van der Waals surface area (Å²) in [5.41, 5.74) is 3.88. The number of nitrogens with zero attached hydrogens (tertiary/aromatic N) is 3. The zero-order valence-corrected chi connectivity index (χ0v) is 20.7. The highest BCUT2D eigenvalue weighted by atomic mass is 16.2. The molecule has 7 heteroatoms. The highest BCUT2D eigenvalue weighted by molar-refractivity contribution is 5.94. The molecule has 1 aromatic heterocycles. The van der Waals surface area contributed by atoms with Crippen molar-refractivity contribution < 1.29 is 9.59 Å². The van der Waals surface area contributed by atoms with Crippen molar-refractivity contribution in [3.05, 3.63) is 41.1 Å². The fourth-order valence-electron chi connectivity index (χ4n) is 3.49. The molecular formula is C25H39N5O2. The van der Waals surface area contributed by atoms with Gasteiger partial charge in [0.15, 0.2) is 0 Å². The molecule has 0 aliphatic rings. The fourth-order valence-corrected chi connectivity index (χ4v) is 3.49. The van der Waals surface area contributed by atoms with E-state index in [0.717, 1.165) is 36.2 Å². The normalized spacial score (nSPS) is 11.3. The van der Waals surface area contributed by atoms with Crippen molar-refractivity contribution in [2.75, 3.05) is 25.0 Å². The molecule has 0 radical (unpaired) electrons. The predicted molar refractivity (Wildman–Crippen MR) is 131 cm³/mol. The van der Waals surface area contributed by atoms with Crippen LogP contribution in [0.15, 0.2) is 24.3 Å². The Balaban J connectivity index is 2.30. The summed E-state index contributed by atoms with van der Waals surface area (Å²) in [6, 6.07) is 7.87. The maximum atomic E-state index is 13.0. The lowest BCUT2D eigenvalue weighted by molar-refractivity contribution is -0.116. The molecule has 0 saturated heterocycles. The molecule has 0 aliphatic heterocycles. The number of hydrogen-bond acceptors (Lipinski definition) is 3. The fraction of sp³-hybridized carbons (Fsp3) is 0.560. The molecule has 2 N–H and O–H groups in total. The number of nitrogens with one attached hydrogen (secondary N) is 2. The molecule has 176 valence electrons. The average molecular weight is 442 g/mol. The lowest BCUT2D eigenvalue weighted by Gasteiger charge is -2.22. The first kappa shape index (κ1) is 25.4. The quantitative estimate of drug-likeness (QED) is 0.541. The molecule has 0 bridgehead atoms. The summed E-state index contributed by atoms with van der Waals surface area (Å²) in [6.45, 7) is 15.4. The largest absolute Gasteiger partial charge is 0.338 e. The van der Waals surface area contributed by atoms with Crippen LogP contribution >= 0.6 is 0 Å². The van der Waals surface area contributed by atoms with Crippen molar-refractivity contribution in [3.63, 3.8) is 0 Å². The van der Waals surface area contributed by atoms with Crippen LogP contribution in [0, 0.1) is 13.8 Å². The molecule has 32 heavy (non-hydrogen) atoms. The molecule has 3 amide bonds. The van der Waals surface area contributed by atoms with Gasteiger partial charge in [-0.1, -0.05) is 58.2 Å². The minimum absolute atomic E-state index is 0.00153. The molecule has 0 aliphatic carbocycles. The van der Waals surface area contributed by atoms with Crippen molar-refractivity contribution >= 4 is 17.8 Å². The Morgan fingerprint density at radius 1 is 1.09 bits per heavy atom. The zero-order valence-electron chi connectivity index (χ0n) is 20.7. The minimum atomic E-state index is -0.237. The first-order valence-electron chi connectivity index (χ1n) is 11.6. The van der Waals surface area contributed by atoms with Crippen LogP contribution in [0.3, 0.4) is 0 Å². The van der Waals surface area contributed by atoms with E-state index in [1.165, 1.54) is 5.56 Å². The molecule has 0 unspecified atom stereocenters. The number of anilines is 1. The molecule has 0 spiro atoms. The van der Waals surface area contributed by atoms with Gasteiger partial charge in [-0.25, -0.2) is 9.48 Å². The van der Waals surface area contributed by atoms with Gasteiger partial charge >= 0.3 is 6.03 Å². The number of urea groups is 1. The van der Waals surface area contributed by atoms with Crippen molar-refractivity contribution in [2.45, 2.75) is 73.1 Å². The SMILES string of the molecule is CCCCCN(CC(=O)Nc1cc(C(C)(C)C)nn1-c1ccc(C)cc1C)C(=O)NCC. The van der Waals surface area contributed by atoms with Crippen LogP contribution in [-0.4, -0.2) is 46.3 Å². The Labute approximate surface area is 192 Å². The Morgan fingerprint density at radius 2 is 1.81 bits per heavy atom. The van der Waals surface area contributed by atoms with Crippen molar-refractivity contribution in [1.29, 1.82) is 0 Å². The third-order valence-corrected chi connectivity index (χ3v) is 5.31. The highest BCUT2D eigenvalue weighted by Gasteiger charge is 2.23. The second kappa shape index (κ2) is 11.2. The van der Waals surface area contributed by atoms with E-state index in [-0.39, 0.29) is 23.9 Å². The van der Waals surface area contributed by atoms with Gasteiger partial charge in [-0.2, -0.15) is 5.10 Å². The van der Waals surface area contributed by atoms with Crippen molar-refractivity contribution in [3.8, 4) is 5.69 Å². The highest BCUT2D eigenvalue weighted by Crippen LogP contribution is 2.27. The van der Waals surface area contributed by atoms with Gasteiger partial charge in [0.05, 0.1) is 11.4 Å². The van der Waals surface area contributed by atoms with E-state index in [4.69, 9.17) is 5.10 Å². The Bertz CT molecular complexity index is 927. The number of rotatable bonds is 9. The summed E-state index contributed by atoms with van der Waals surface area (Å²) in [6.07, 6.45) is 2.95. The molecule has 1 aromatic carbocycles. The van der Waals surface area contributed by atoms with Gasteiger partial charge in [-0.3, -0.25) is 4.79 Å². The minimum Gasteiger partial charge on any atom is -0.338 e. The number of unbranched alkanes of at least 4 members (excludes halogenated alkanes) is 2. The number of amides is 3. The van der Waals surface area contributed by atoms with E-state index in [0.29, 0.717) is 18.9 Å². The summed E-state index contributed by atoms with van der Waals surface area (Å²) in [5.74, 6) is 0.371. The van der Waals surface area contributed by atoms with Crippen molar-refractivity contribution in [1.82, 2.24) is 20.0 Å². The summed E-state index contributed by atoms with van der Waals surface area (Å²) >= 11 is 0. The van der Waals surface area contributed by atoms with Crippen molar-refractivity contribution in [2.24, 2.45) is 0 Å². The van der Waals surface area contributed by atoms with Gasteiger partial charge in [-0.15, -0.1) is 0 Å². The van der Waals surface area contributed by atoms with Gasteiger partial charge in [0.2, 0.25) is 5.91 Å². The van der Waals surface area contributed by atoms with Gasteiger partial charge in [0, 0.05) is 24.6 Å². The average Bonchev–Trinajstić information content (AvgIpc) is 3.11. The number of carbonyl (C=O) groups is 2. The van der Waals surface area contributed by atoms with Crippen LogP contribution in [0.1, 0.15) is 70.7 Å². The van der Waals surface area contributed by atoms with Crippen LogP contribution in [0.4, 0.5) is 10.6 Å². The van der Waals surface area contributed by atoms with E-state index in [1.54, 1.807) is 9.58 Å². The van der Waals surface area contributed by atoms with Crippen LogP contribution in [0.25, 0.3) is 5.69 Å². The number of aromatic nitrogens is 2.